The minimum Gasteiger partial charge on any atom is -0.350 e. The molecule has 0 bridgehead atoms. The molecule has 0 saturated heterocycles. The molecule has 6 heteroatoms. The highest BCUT2D eigenvalue weighted by Gasteiger charge is 2.17. The summed E-state index contributed by atoms with van der Waals surface area (Å²) in [5, 5.41) is 9.99. The molecule has 2 N–H and O–H groups in total. The molecular weight excluding hydrogens is 292 g/mol. The Morgan fingerprint density at radius 1 is 1.17 bits per heavy atom. The van der Waals surface area contributed by atoms with Gasteiger partial charge in [-0.15, -0.1) is 0 Å². The molecule has 0 aliphatic heterocycles. The maximum atomic E-state index is 12.1. The highest BCUT2D eigenvalue weighted by Crippen LogP contribution is 2.15. The van der Waals surface area contributed by atoms with E-state index < -0.39 is 0 Å². The third-order valence-electron chi connectivity index (χ3n) is 3.37. The number of nitrogens with zero attached hydrogens (tertiary/aromatic N) is 2. The van der Waals surface area contributed by atoms with Gasteiger partial charge in [0.05, 0.1) is 18.7 Å². The lowest BCUT2D eigenvalue weighted by Crippen LogP contribution is -2.46. The zero-order valence-corrected chi connectivity index (χ0v) is 15.4. The van der Waals surface area contributed by atoms with Crippen LogP contribution in [0.1, 0.15) is 51.6 Å². The average molecular weight is 322 g/mol. The van der Waals surface area contributed by atoms with Crippen LogP contribution >= 0.6 is 0 Å². The number of aromatic nitrogens is 2. The van der Waals surface area contributed by atoms with E-state index in [-0.39, 0.29) is 30.3 Å². The molecule has 0 saturated carbocycles. The Morgan fingerprint density at radius 3 is 2.30 bits per heavy atom. The lowest BCUT2D eigenvalue weighted by molar-refractivity contribution is -0.126. The number of aryl methyl sites for hydroxylation is 1. The molecule has 2 amide bonds. The summed E-state index contributed by atoms with van der Waals surface area (Å²) in [5.41, 5.74) is 2.54. The van der Waals surface area contributed by atoms with Crippen LogP contribution in [0.5, 0.6) is 0 Å². The van der Waals surface area contributed by atoms with Gasteiger partial charge in [-0.05, 0) is 40.5 Å². The molecule has 0 aliphatic rings. The first-order valence-corrected chi connectivity index (χ1v) is 8.10. The van der Waals surface area contributed by atoms with E-state index in [9.17, 15) is 9.59 Å². The molecule has 6 nitrogen and oxygen atoms in total. The third kappa shape index (κ3) is 6.42. The van der Waals surface area contributed by atoms with Crippen LogP contribution in [0.3, 0.4) is 0 Å². The second-order valence-corrected chi connectivity index (χ2v) is 7.48. The van der Waals surface area contributed by atoms with Crippen molar-refractivity contribution in [3.63, 3.8) is 0 Å². The molecule has 1 aromatic rings. The van der Waals surface area contributed by atoms with Gasteiger partial charge in [0.15, 0.2) is 0 Å². The van der Waals surface area contributed by atoms with Gasteiger partial charge in [-0.1, -0.05) is 13.8 Å². The van der Waals surface area contributed by atoms with Crippen LogP contribution in [0.25, 0.3) is 0 Å². The lowest BCUT2D eigenvalue weighted by atomic mass is 10.1. The Morgan fingerprint density at radius 2 is 1.78 bits per heavy atom. The zero-order valence-electron chi connectivity index (χ0n) is 15.4. The first-order chi connectivity index (χ1) is 10.5. The predicted molar refractivity (Wildman–Crippen MR) is 91.1 cm³/mol. The van der Waals surface area contributed by atoms with Crippen LogP contribution in [0, 0.1) is 19.8 Å². The first-order valence-electron chi connectivity index (χ1n) is 8.10. The van der Waals surface area contributed by atoms with E-state index in [1.165, 1.54) is 0 Å². The maximum absolute atomic E-state index is 12.1. The summed E-state index contributed by atoms with van der Waals surface area (Å²) in [5.74, 6) is 0.148. The van der Waals surface area contributed by atoms with Crippen molar-refractivity contribution in [1.29, 1.82) is 0 Å². The van der Waals surface area contributed by atoms with E-state index in [4.69, 9.17) is 0 Å². The molecule has 0 aromatic carbocycles. The summed E-state index contributed by atoms with van der Waals surface area (Å²) in [7, 11) is 0. The molecule has 1 rings (SSSR count). The minimum absolute atomic E-state index is 0.00563. The fourth-order valence-corrected chi connectivity index (χ4v) is 2.38. The smallest absolute Gasteiger partial charge is 0.239 e. The van der Waals surface area contributed by atoms with Gasteiger partial charge in [-0.25, -0.2) is 0 Å². The average Bonchev–Trinajstić information content (AvgIpc) is 2.61. The Kier molecular flexibility index (Phi) is 6.36. The summed E-state index contributed by atoms with van der Waals surface area (Å²) in [6, 6.07) is 0. The number of carbonyl (C=O) groups is 2. The van der Waals surface area contributed by atoms with Crippen molar-refractivity contribution in [3.8, 4) is 0 Å². The fraction of sp³-hybridized carbons (Fsp3) is 0.706. The van der Waals surface area contributed by atoms with Gasteiger partial charge in [0, 0.05) is 23.3 Å². The summed E-state index contributed by atoms with van der Waals surface area (Å²) in [4.78, 5) is 23.8. The zero-order chi connectivity index (χ0) is 17.8. The summed E-state index contributed by atoms with van der Waals surface area (Å²) in [6.07, 6.45) is 0.249. The van der Waals surface area contributed by atoms with Crippen molar-refractivity contribution in [2.75, 3.05) is 6.54 Å². The third-order valence-corrected chi connectivity index (χ3v) is 3.37. The normalized spacial score (nSPS) is 11.7. The van der Waals surface area contributed by atoms with Gasteiger partial charge >= 0.3 is 0 Å². The van der Waals surface area contributed by atoms with E-state index in [0.717, 1.165) is 23.5 Å². The van der Waals surface area contributed by atoms with E-state index in [1.807, 2.05) is 39.3 Å². The van der Waals surface area contributed by atoms with Crippen molar-refractivity contribution in [1.82, 2.24) is 20.4 Å². The number of carbonyl (C=O) groups excluding carboxylic acids is 2. The minimum atomic E-state index is -0.299. The van der Waals surface area contributed by atoms with Crippen LogP contribution in [0.2, 0.25) is 0 Å². The molecule has 0 unspecified atom stereocenters. The van der Waals surface area contributed by atoms with Gasteiger partial charge in [0.1, 0.15) is 0 Å². The van der Waals surface area contributed by atoms with Gasteiger partial charge in [0.25, 0.3) is 0 Å². The van der Waals surface area contributed by atoms with Crippen LogP contribution in [0.15, 0.2) is 0 Å². The lowest BCUT2D eigenvalue weighted by Gasteiger charge is -2.20. The Labute approximate surface area is 139 Å². The second kappa shape index (κ2) is 7.62. The maximum Gasteiger partial charge on any atom is 0.239 e. The van der Waals surface area contributed by atoms with Crippen molar-refractivity contribution in [2.45, 2.75) is 67.0 Å². The van der Waals surface area contributed by atoms with E-state index in [1.54, 1.807) is 0 Å². The van der Waals surface area contributed by atoms with Crippen molar-refractivity contribution < 1.29 is 9.59 Å². The van der Waals surface area contributed by atoms with Gasteiger partial charge < -0.3 is 10.6 Å². The molecule has 0 fully saturated rings. The standard InChI is InChI=1S/C17H30N4O2/c1-11(2)10-21-13(4)14(12(3)20-21)8-15(22)18-9-16(23)19-17(5,6)7/h11H,8-10H2,1-7H3,(H,18,22)(H,19,23). The van der Waals surface area contributed by atoms with Crippen LogP contribution in [-0.4, -0.2) is 33.7 Å². The largest absolute Gasteiger partial charge is 0.350 e. The molecule has 0 aliphatic carbocycles. The quantitative estimate of drug-likeness (QED) is 0.837. The predicted octanol–water partition coefficient (Wildman–Crippen LogP) is 1.73. The van der Waals surface area contributed by atoms with Gasteiger partial charge in [-0.2, -0.15) is 5.10 Å². The summed E-state index contributed by atoms with van der Waals surface area (Å²) < 4.78 is 1.95. The van der Waals surface area contributed by atoms with Crippen LogP contribution in [-0.2, 0) is 22.6 Å². The monoisotopic (exact) mass is 322 g/mol. The molecule has 1 aromatic heterocycles. The molecular formula is C17H30N4O2. The number of amides is 2. The molecule has 130 valence electrons. The van der Waals surface area contributed by atoms with Gasteiger partial charge in [-0.3, -0.25) is 14.3 Å². The first kappa shape index (κ1) is 19.2. The van der Waals surface area contributed by atoms with E-state index in [0.29, 0.717) is 5.92 Å². The van der Waals surface area contributed by atoms with Crippen LogP contribution < -0.4 is 10.6 Å². The Bertz CT molecular complexity index is 568. The number of hydrogen-bond donors (Lipinski definition) is 2. The van der Waals surface area contributed by atoms with E-state index >= 15 is 0 Å². The van der Waals surface area contributed by atoms with Gasteiger partial charge in [0.2, 0.25) is 11.8 Å². The van der Waals surface area contributed by atoms with E-state index in [2.05, 4.69) is 29.6 Å². The molecule has 23 heavy (non-hydrogen) atoms. The highest BCUT2D eigenvalue weighted by molar-refractivity contribution is 5.86. The molecule has 1 heterocycles. The van der Waals surface area contributed by atoms with Crippen molar-refractivity contribution in [3.05, 3.63) is 17.0 Å². The number of hydrogen-bond acceptors (Lipinski definition) is 3. The van der Waals surface area contributed by atoms with Crippen molar-refractivity contribution >= 4 is 11.8 Å². The topological polar surface area (TPSA) is 76.0 Å². The van der Waals surface area contributed by atoms with Crippen LogP contribution in [0.4, 0.5) is 0 Å². The number of rotatable bonds is 6. The number of nitrogens with one attached hydrogen (secondary N) is 2. The highest BCUT2D eigenvalue weighted by atomic mass is 16.2. The summed E-state index contributed by atoms with van der Waals surface area (Å²) in [6.45, 7) is 14.7. The Balaban J connectivity index is 2.61. The van der Waals surface area contributed by atoms with Crippen molar-refractivity contribution in [2.24, 2.45) is 5.92 Å². The molecule has 0 radical (unpaired) electrons. The molecule has 0 atom stereocenters. The fourth-order valence-electron chi connectivity index (χ4n) is 2.38. The molecule has 0 spiro atoms. The SMILES string of the molecule is Cc1nn(CC(C)C)c(C)c1CC(=O)NCC(=O)NC(C)(C)C. The second-order valence-electron chi connectivity index (χ2n) is 7.48. The Hall–Kier alpha value is -1.85. The summed E-state index contributed by atoms with van der Waals surface area (Å²) >= 11 is 0.